The van der Waals surface area contributed by atoms with E-state index in [0.29, 0.717) is 17.6 Å². The van der Waals surface area contributed by atoms with Crippen LogP contribution in [-0.2, 0) is 6.42 Å². The van der Waals surface area contributed by atoms with Crippen molar-refractivity contribution in [2.75, 3.05) is 5.32 Å². The summed E-state index contributed by atoms with van der Waals surface area (Å²) >= 11 is 0. The van der Waals surface area contributed by atoms with Gasteiger partial charge in [0.25, 0.3) is 0 Å². The summed E-state index contributed by atoms with van der Waals surface area (Å²) in [6.45, 7) is 1.98. The number of para-hydroxylation sites is 2. The molecule has 0 amide bonds. The number of anilines is 2. The van der Waals surface area contributed by atoms with Crippen LogP contribution in [0.1, 0.15) is 22.3 Å². The molecule has 0 aliphatic rings. The first-order chi connectivity index (χ1) is 15.2. The fraction of sp³-hybridized carbons (Fsp3) is 0.0769. The quantitative estimate of drug-likeness (QED) is 0.403. The zero-order valence-corrected chi connectivity index (χ0v) is 17.5. The van der Waals surface area contributed by atoms with Gasteiger partial charge in [-0.05, 0) is 54.4 Å². The van der Waals surface area contributed by atoms with Gasteiger partial charge in [-0.3, -0.25) is 4.40 Å². The Balaban J connectivity index is 0.00000245. The van der Waals surface area contributed by atoms with Gasteiger partial charge in [0.1, 0.15) is 17.6 Å². The molecule has 0 atom stereocenters. The minimum absolute atomic E-state index is 0. The van der Waals surface area contributed by atoms with Crippen molar-refractivity contribution in [2.24, 2.45) is 0 Å². The van der Waals surface area contributed by atoms with Crippen molar-refractivity contribution in [1.29, 1.82) is 5.26 Å². The molecule has 0 spiro atoms. The summed E-state index contributed by atoms with van der Waals surface area (Å²) in [6, 6.07) is 27.5. The van der Waals surface area contributed by atoms with E-state index < -0.39 is 0 Å². The zero-order valence-electron chi connectivity index (χ0n) is 17.5. The molecule has 2 heterocycles. The second-order valence-corrected chi connectivity index (χ2v) is 7.53. The molecule has 2 aromatic heterocycles. The molecule has 5 aromatic rings. The fourth-order valence-corrected chi connectivity index (χ4v) is 4.01. The van der Waals surface area contributed by atoms with Gasteiger partial charge in [0.05, 0.1) is 16.6 Å². The Bertz CT molecular complexity index is 1450. The van der Waals surface area contributed by atoms with Gasteiger partial charge in [-0.1, -0.05) is 42.5 Å². The van der Waals surface area contributed by atoms with E-state index >= 15 is 0 Å². The molecule has 0 saturated heterocycles. The van der Waals surface area contributed by atoms with Crippen LogP contribution in [0.25, 0.3) is 16.7 Å². The Kier molecular flexibility index (Phi) is 5.50. The summed E-state index contributed by atoms with van der Waals surface area (Å²) in [5, 5.41) is 23.2. The first-order valence-electron chi connectivity index (χ1n) is 10.1. The third kappa shape index (κ3) is 3.51. The molecule has 0 aliphatic carbocycles. The molecule has 0 saturated carbocycles. The Morgan fingerprint density at radius 2 is 1.66 bits per heavy atom. The summed E-state index contributed by atoms with van der Waals surface area (Å²) in [7, 11) is 0. The highest BCUT2D eigenvalue weighted by Gasteiger charge is 2.21. The van der Waals surface area contributed by atoms with Gasteiger partial charge in [0.2, 0.25) is 0 Å². The van der Waals surface area contributed by atoms with E-state index in [9.17, 15) is 10.4 Å². The number of phenolic OH excluding ortho intramolecular Hbond substituents is 1. The smallest absolute Gasteiger partial charge is 0.157 e. The summed E-state index contributed by atoms with van der Waals surface area (Å²) < 4.78 is 2.03. The number of hydrogen-bond acceptors (Lipinski definition) is 4. The van der Waals surface area contributed by atoms with Crippen molar-refractivity contribution in [1.82, 2.24) is 9.38 Å². The van der Waals surface area contributed by atoms with Crippen LogP contribution in [0.2, 0.25) is 0 Å². The van der Waals surface area contributed by atoms with Gasteiger partial charge in [0.15, 0.2) is 5.65 Å². The fourth-order valence-electron chi connectivity index (χ4n) is 4.01. The Labute approximate surface area is 185 Å². The number of nitrogens with zero attached hydrogens (tertiary/aromatic N) is 3. The van der Waals surface area contributed by atoms with E-state index in [1.165, 1.54) is 0 Å². The molecule has 6 heteroatoms. The molecule has 0 bridgehead atoms. The predicted molar refractivity (Wildman–Crippen MR) is 126 cm³/mol. The number of nitriles is 1. The van der Waals surface area contributed by atoms with Gasteiger partial charge >= 0.3 is 0 Å². The lowest BCUT2D eigenvalue weighted by atomic mass is 9.97. The maximum absolute atomic E-state index is 9.99. The highest BCUT2D eigenvalue weighted by atomic mass is 16.3. The number of pyridine rings is 1. The molecule has 5 rings (SSSR count). The average molecular weight is 422 g/mol. The number of aromatic nitrogens is 2. The van der Waals surface area contributed by atoms with E-state index in [4.69, 9.17) is 4.98 Å². The lowest BCUT2D eigenvalue weighted by molar-refractivity contribution is 0.475. The van der Waals surface area contributed by atoms with E-state index in [1.807, 2.05) is 65.9 Å². The van der Waals surface area contributed by atoms with Crippen LogP contribution in [0.4, 0.5) is 11.5 Å². The predicted octanol–water partition coefficient (Wildman–Crippen LogP) is 4.88. The number of phenols is 1. The molecule has 158 valence electrons. The third-order valence-electron chi connectivity index (χ3n) is 5.59. The van der Waals surface area contributed by atoms with Crippen LogP contribution in [0, 0.1) is 18.3 Å². The summed E-state index contributed by atoms with van der Waals surface area (Å²) in [4.78, 5) is 4.77. The average Bonchev–Trinajstić information content (AvgIpc) is 3.17. The van der Waals surface area contributed by atoms with E-state index in [0.717, 1.165) is 39.2 Å². The molecule has 0 fully saturated rings. The van der Waals surface area contributed by atoms with Crippen LogP contribution < -0.4 is 5.32 Å². The number of nitrogens with one attached hydrogen (secondary N) is 1. The standard InChI is InChI=1S/C26H20N4O.H2O/c1-17-21(15-18-7-3-2-4-8-18)25(28-19-11-13-20(31)14-12-19)30-24-10-6-5-9-23(24)29-26(30)22(17)16-27;/h2-14,28,31H,15H2,1H3;1H2. The first-order valence-corrected chi connectivity index (χ1v) is 10.1. The topological polar surface area (TPSA) is 105 Å². The minimum atomic E-state index is 0. The Morgan fingerprint density at radius 3 is 2.38 bits per heavy atom. The highest BCUT2D eigenvalue weighted by molar-refractivity contribution is 5.87. The SMILES string of the molecule is Cc1c(Cc2ccccc2)c(Nc2ccc(O)cc2)n2c(nc3ccccc32)c1C#N.O. The van der Waals surface area contributed by atoms with Crippen molar-refractivity contribution in [2.45, 2.75) is 13.3 Å². The van der Waals surface area contributed by atoms with Crippen LogP contribution in [0.15, 0.2) is 78.9 Å². The molecule has 0 aliphatic heterocycles. The summed E-state index contributed by atoms with van der Waals surface area (Å²) in [6.07, 6.45) is 0.671. The molecular formula is C26H22N4O2. The maximum Gasteiger partial charge on any atom is 0.157 e. The van der Waals surface area contributed by atoms with Crippen molar-refractivity contribution < 1.29 is 10.6 Å². The van der Waals surface area contributed by atoms with Crippen molar-refractivity contribution in [3.8, 4) is 11.8 Å². The van der Waals surface area contributed by atoms with Gasteiger partial charge in [0, 0.05) is 17.7 Å². The molecule has 3 aromatic carbocycles. The number of hydrogen-bond donors (Lipinski definition) is 2. The van der Waals surface area contributed by atoms with Crippen LogP contribution in [0.3, 0.4) is 0 Å². The molecule has 32 heavy (non-hydrogen) atoms. The van der Waals surface area contributed by atoms with Crippen LogP contribution in [0.5, 0.6) is 5.75 Å². The number of imidazole rings is 1. The molecular weight excluding hydrogens is 400 g/mol. The second kappa shape index (κ2) is 8.42. The van der Waals surface area contributed by atoms with Crippen molar-refractivity contribution >= 4 is 28.2 Å². The van der Waals surface area contributed by atoms with Crippen LogP contribution in [-0.4, -0.2) is 20.0 Å². The normalized spacial score (nSPS) is 10.6. The zero-order chi connectivity index (χ0) is 21.4. The number of fused-ring (bicyclic) bond motifs is 3. The third-order valence-corrected chi connectivity index (χ3v) is 5.59. The maximum atomic E-state index is 9.99. The minimum Gasteiger partial charge on any atom is -0.508 e. The molecule has 4 N–H and O–H groups in total. The molecule has 0 unspecified atom stereocenters. The van der Waals surface area contributed by atoms with E-state index in [2.05, 4.69) is 23.5 Å². The number of aromatic hydroxyl groups is 1. The number of rotatable bonds is 4. The summed E-state index contributed by atoms with van der Waals surface area (Å²) in [5.41, 5.74) is 6.94. The second-order valence-electron chi connectivity index (χ2n) is 7.53. The highest BCUT2D eigenvalue weighted by Crippen LogP contribution is 2.34. The van der Waals surface area contributed by atoms with Crippen molar-refractivity contribution in [3.63, 3.8) is 0 Å². The lowest BCUT2D eigenvalue weighted by Crippen LogP contribution is -2.09. The lowest BCUT2D eigenvalue weighted by Gasteiger charge is -2.19. The van der Waals surface area contributed by atoms with E-state index in [1.54, 1.807) is 12.1 Å². The largest absolute Gasteiger partial charge is 0.508 e. The summed E-state index contributed by atoms with van der Waals surface area (Å²) in [5.74, 6) is 1.08. The Hall–Kier alpha value is -4.34. The van der Waals surface area contributed by atoms with E-state index in [-0.39, 0.29) is 11.2 Å². The van der Waals surface area contributed by atoms with Gasteiger partial charge in [-0.2, -0.15) is 5.26 Å². The van der Waals surface area contributed by atoms with Gasteiger partial charge in [-0.15, -0.1) is 0 Å². The number of benzene rings is 3. The molecule has 0 radical (unpaired) electrons. The van der Waals surface area contributed by atoms with Crippen molar-refractivity contribution in [3.05, 3.63) is 101 Å². The van der Waals surface area contributed by atoms with Crippen LogP contribution >= 0.6 is 0 Å². The Morgan fingerprint density at radius 1 is 0.969 bits per heavy atom. The van der Waals surface area contributed by atoms with Gasteiger partial charge in [-0.25, -0.2) is 4.98 Å². The van der Waals surface area contributed by atoms with Gasteiger partial charge < -0.3 is 15.9 Å². The monoisotopic (exact) mass is 422 g/mol. The molecule has 6 nitrogen and oxygen atoms in total. The first kappa shape index (κ1) is 20.9.